The summed E-state index contributed by atoms with van der Waals surface area (Å²) in [6, 6.07) is 3.19. The molecule has 0 aliphatic heterocycles. The normalized spacial score (nSPS) is 10.6. The van der Waals surface area contributed by atoms with Crippen LogP contribution in [0.4, 0.5) is 10.8 Å². The van der Waals surface area contributed by atoms with Crippen LogP contribution < -0.4 is 26.7 Å². The van der Waals surface area contributed by atoms with Crippen molar-refractivity contribution < 1.29 is 13.9 Å². The lowest BCUT2D eigenvalue weighted by molar-refractivity contribution is 0.0991. The molecule has 3 rings (SSSR count). The number of anilines is 2. The molecule has 3 aromatic rings. The van der Waals surface area contributed by atoms with Gasteiger partial charge in [0.05, 0.1) is 12.8 Å². The first-order chi connectivity index (χ1) is 13.0. The molecule has 0 aliphatic rings. The van der Waals surface area contributed by atoms with E-state index in [1.807, 2.05) is 13.0 Å². The molecule has 0 radical (unpaired) electrons. The Morgan fingerprint density at radius 2 is 2.26 bits per heavy atom. The fourth-order valence-corrected chi connectivity index (χ4v) is 2.96. The van der Waals surface area contributed by atoms with Crippen LogP contribution in [0.25, 0.3) is 5.13 Å². The van der Waals surface area contributed by atoms with Gasteiger partial charge < -0.3 is 20.2 Å². The summed E-state index contributed by atoms with van der Waals surface area (Å²) in [5.74, 6) is -0.884. The summed E-state index contributed by atoms with van der Waals surface area (Å²) in [7, 11) is 1.33. The molecule has 12 heteroatoms. The fourth-order valence-electron chi connectivity index (χ4n) is 2.21. The van der Waals surface area contributed by atoms with E-state index in [4.69, 9.17) is 14.9 Å². The molecule has 0 saturated carbocycles. The Morgan fingerprint density at radius 3 is 2.93 bits per heavy atom. The minimum Gasteiger partial charge on any atom is -0.488 e. The molecule has 0 bridgehead atoms. The lowest BCUT2D eigenvalue weighted by atomic mass is 10.3. The highest BCUT2D eigenvalue weighted by Crippen LogP contribution is 2.23. The summed E-state index contributed by atoms with van der Waals surface area (Å²) in [6.45, 7) is 2.60. The smallest absolute Gasteiger partial charge is 0.381 e. The number of rotatable bonds is 7. The highest BCUT2D eigenvalue weighted by atomic mass is 32.1. The average molecular weight is 391 g/mol. The highest BCUT2D eigenvalue weighted by Gasteiger charge is 2.19. The molecule has 142 valence electrons. The molecule has 0 spiro atoms. The van der Waals surface area contributed by atoms with Gasteiger partial charge in [0, 0.05) is 31.0 Å². The Hall–Kier alpha value is -3.25. The Balaban J connectivity index is 1.82. The topological polar surface area (TPSA) is 150 Å². The van der Waals surface area contributed by atoms with Crippen molar-refractivity contribution in [2.75, 3.05) is 30.8 Å². The Morgan fingerprint density at radius 1 is 1.44 bits per heavy atom. The van der Waals surface area contributed by atoms with Crippen molar-refractivity contribution in [3.05, 3.63) is 40.2 Å². The molecule has 3 aromatic heterocycles. The first-order valence-corrected chi connectivity index (χ1v) is 8.67. The van der Waals surface area contributed by atoms with Crippen LogP contribution in [0.2, 0.25) is 0 Å². The van der Waals surface area contributed by atoms with Crippen molar-refractivity contribution >= 4 is 28.1 Å². The van der Waals surface area contributed by atoms with Crippen LogP contribution in [0.15, 0.2) is 27.5 Å². The number of hydrogen-bond acceptors (Lipinski definition) is 10. The second kappa shape index (κ2) is 7.97. The molecule has 0 aromatic carbocycles. The quantitative estimate of drug-likeness (QED) is 0.526. The van der Waals surface area contributed by atoms with Crippen molar-refractivity contribution in [1.82, 2.24) is 20.0 Å². The third-order valence-electron chi connectivity index (χ3n) is 3.44. The second-order valence-electron chi connectivity index (χ2n) is 5.29. The summed E-state index contributed by atoms with van der Waals surface area (Å²) in [4.78, 5) is 24.5. The van der Waals surface area contributed by atoms with Crippen LogP contribution in [0, 0.1) is 6.92 Å². The molecule has 0 aliphatic carbocycles. The van der Waals surface area contributed by atoms with Gasteiger partial charge in [0.15, 0.2) is 5.76 Å². The molecule has 0 fully saturated rings. The molecule has 0 atom stereocenters. The molecular weight excluding hydrogens is 374 g/mol. The third-order valence-corrected chi connectivity index (χ3v) is 4.26. The predicted octanol–water partition coefficient (Wildman–Crippen LogP) is 0.617. The zero-order valence-corrected chi connectivity index (χ0v) is 15.4. The van der Waals surface area contributed by atoms with Crippen molar-refractivity contribution in [1.29, 1.82) is 0 Å². The number of nitrogens with zero attached hydrogens (tertiary/aromatic N) is 4. The van der Waals surface area contributed by atoms with Crippen LogP contribution in [0.5, 0.6) is 5.75 Å². The van der Waals surface area contributed by atoms with Gasteiger partial charge in [-0.15, -0.1) is 10.2 Å². The van der Waals surface area contributed by atoms with Gasteiger partial charge >= 0.3 is 5.63 Å². The number of carbonyl (C=O) groups is 1. The number of aromatic nitrogens is 4. The van der Waals surface area contributed by atoms with Crippen LogP contribution in [-0.2, 0) is 0 Å². The van der Waals surface area contributed by atoms with Crippen molar-refractivity contribution in [2.45, 2.75) is 6.92 Å². The molecule has 4 N–H and O–H groups in total. The van der Waals surface area contributed by atoms with Crippen LogP contribution in [0.1, 0.15) is 16.2 Å². The SMILES string of the molecule is COc1c(NCCN)cc(C(=O)Nc2nnc(-n3nccc3C)s2)oc1=O. The van der Waals surface area contributed by atoms with Crippen LogP contribution in [0.3, 0.4) is 0 Å². The number of nitrogens with one attached hydrogen (secondary N) is 2. The fraction of sp³-hybridized carbons (Fsp3) is 0.267. The summed E-state index contributed by atoms with van der Waals surface area (Å²) in [6.07, 6.45) is 1.64. The molecule has 27 heavy (non-hydrogen) atoms. The molecule has 0 saturated heterocycles. The maximum Gasteiger partial charge on any atom is 0.381 e. The number of hydrogen-bond donors (Lipinski definition) is 3. The van der Waals surface area contributed by atoms with Gasteiger partial charge in [-0.05, 0) is 13.0 Å². The van der Waals surface area contributed by atoms with E-state index in [0.29, 0.717) is 23.9 Å². The van der Waals surface area contributed by atoms with Gasteiger partial charge in [-0.25, -0.2) is 9.48 Å². The van der Waals surface area contributed by atoms with Crippen molar-refractivity contribution in [3.8, 4) is 10.9 Å². The highest BCUT2D eigenvalue weighted by molar-refractivity contribution is 7.17. The molecular formula is C15H17N7O4S. The summed E-state index contributed by atoms with van der Waals surface area (Å²) >= 11 is 1.13. The Kier molecular flexibility index (Phi) is 5.47. The number of methoxy groups -OCH3 is 1. The Labute approximate surface area is 157 Å². The van der Waals surface area contributed by atoms with Crippen LogP contribution >= 0.6 is 11.3 Å². The zero-order chi connectivity index (χ0) is 19.4. The third kappa shape index (κ3) is 3.96. The number of ether oxygens (including phenoxy) is 1. The average Bonchev–Trinajstić information content (AvgIpc) is 3.28. The van der Waals surface area contributed by atoms with E-state index in [2.05, 4.69) is 25.9 Å². The molecule has 3 heterocycles. The predicted molar refractivity (Wildman–Crippen MR) is 98.8 cm³/mol. The van der Waals surface area contributed by atoms with E-state index in [0.717, 1.165) is 17.0 Å². The van der Waals surface area contributed by atoms with Gasteiger partial charge in [0.1, 0.15) is 0 Å². The molecule has 0 unspecified atom stereocenters. The van der Waals surface area contributed by atoms with Gasteiger partial charge in [-0.2, -0.15) is 5.10 Å². The second-order valence-corrected chi connectivity index (χ2v) is 6.24. The molecule has 1 amide bonds. The van der Waals surface area contributed by atoms with E-state index in [-0.39, 0.29) is 16.6 Å². The first-order valence-electron chi connectivity index (χ1n) is 7.85. The lowest BCUT2D eigenvalue weighted by Crippen LogP contribution is -2.19. The maximum absolute atomic E-state index is 12.4. The van der Waals surface area contributed by atoms with Crippen LogP contribution in [-0.4, -0.2) is 46.1 Å². The lowest BCUT2D eigenvalue weighted by Gasteiger charge is -2.10. The van der Waals surface area contributed by atoms with E-state index in [1.54, 1.807) is 10.9 Å². The van der Waals surface area contributed by atoms with E-state index in [9.17, 15) is 9.59 Å². The van der Waals surface area contributed by atoms with E-state index >= 15 is 0 Å². The van der Waals surface area contributed by atoms with Gasteiger partial charge in [0.2, 0.25) is 16.0 Å². The molecule has 11 nitrogen and oxygen atoms in total. The largest absolute Gasteiger partial charge is 0.488 e. The summed E-state index contributed by atoms with van der Waals surface area (Å²) in [5, 5.41) is 18.2. The Bertz CT molecular complexity index is 1010. The van der Waals surface area contributed by atoms with Gasteiger partial charge in [0.25, 0.3) is 5.91 Å². The zero-order valence-electron chi connectivity index (χ0n) is 14.6. The minimum atomic E-state index is -0.783. The monoisotopic (exact) mass is 391 g/mol. The standard InChI is InChI=1S/C15H17N7O4S/c1-8-3-5-18-22(8)15-21-20-14(27-15)19-12(23)10-7-9(17-6-4-16)11(25-2)13(24)26-10/h3,5,7,17H,4,6,16H2,1-2H3,(H,19,20,23). The van der Waals surface area contributed by atoms with Crippen molar-refractivity contribution in [3.63, 3.8) is 0 Å². The first kappa shape index (κ1) is 18.5. The number of nitrogens with two attached hydrogens (primary N) is 1. The van der Waals surface area contributed by atoms with Gasteiger partial charge in [-0.3, -0.25) is 10.1 Å². The maximum atomic E-state index is 12.4. The van der Waals surface area contributed by atoms with Gasteiger partial charge in [-0.1, -0.05) is 11.3 Å². The van der Waals surface area contributed by atoms with E-state index in [1.165, 1.54) is 13.2 Å². The summed E-state index contributed by atoms with van der Waals surface area (Å²) < 4.78 is 11.6. The number of amides is 1. The minimum absolute atomic E-state index is 0.0349. The van der Waals surface area contributed by atoms with Crippen molar-refractivity contribution in [2.24, 2.45) is 5.73 Å². The summed E-state index contributed by atoms with van der Waals surface area (Å²) in [5.41, 5.74) is 5.86. The number of aryl methyl sites for hydroxylation is 1. The number of carbonyl (C=O) groups excluding carboxylic acids is 1. The van der Waals surface area contributed by atoms with E-state index < -0.39 is 11.5 Å².